The summed E-state index contributed by atoms with van der Waals surface area (Å²) in [5, 5.41) is 0. The number of hydrogen-bond acceptors (Lipinski definition) is 1. The molecule has 0 fully saturated rings. The molecule has 17 valence electrons. The quantitative estimate of drug-likeness (QED) is 0.493. The Bertz CT molecular complexity index is 8.00. The monoisotopic (exact) mass is 237 g/mol. The molecule has 0 spiro atoms. The van der Waals surface area contributed by atoms with E-state index in [9.17, 15) is 0 Å². The molecule has 0 aromatic carbocycles. The van der Waals surface area contributed by atoms with Gasteiger partial charge in [-0.1, -0.05) is 0 Å². The molecule has 1 radical (unpaired) electrons. The van der Waals surface area contributed by atoms with E-state index in [0.29, 0.717) is 24.7 Å². The van der Waals surface area contributed by atoms with Gasteiger partial charge in [0.15, 0.2) is 0 Å². The summed E-state index contributed by atoms with van der Waals surface area (Å²) >= 11 is 0.300. The summed E-state index contributed by atoms with van der Waals surface area (Å²) in [6, 6.07) is 0. The van der Waals surface area contributed by atoms with Crippen LogP contribution in [0.15, 0.2) is 0 Å². The van der Waals surface area contributed by atoms with E-state index in [0.717, 1.165) is 0 Å². The Morgan fingerprint density at radius 2 is 1.25 bits per heavy atom. The molecule has 0 unspecified atom stereocenters. The Hall–Kier alpha value is 3.05. The minimum absolute atomic E-state index is 0. The minimum Gasteiger partial charge on any atom is 0 e. The fourth-order valence-corrected chi connectivity index (χ4v) is 0. The van der Waals surface area contributed by atoms with Gasteiger partial charge >= 0.3 is 65.3 Å². The molecule has 0 aromatic heterocycles. The van der Waals surface area contributed by atoms with Gasteiger partial charge in [-0.2, -0.15) is 0 Å². The van der Waals surface area contributed by atoms with Gasteiger partial charge < -0.3 is 0 Å². The van der Waals surface area contributed by atoms with Crippen molar-refractivity contribution in [1.29, 1.82) is 0 Å². The normalized spacial score (nSPS) is 0.750. The van der Waals surface area contributed by atoms with E-state index in [2.05, 4.69) is 0 Å². The third kappa shape index (κ3) is 8.90. The summed E-state index contributed by atoms with van der Waals surface area (Å²) in [4.78, 5) is 0. The molecule has 0 aliphatic heterocycles. The van der Waals surface area contributed by atoms with Crippen LogP contribution >= 0.6 is 0 Å². The average Bonchev–Trinajstić information content (AvgIpc) is 1.00. The van der Waals surface area contributed by atoms with E-state index in [1.165, 1.54) is 0 Å². The molecule has 1 nitrogen and oxygen atoms in total. The Balaban J connectivity index is -0.00000000500. The van der Waals surface area contributed by atoms with Gasteiger partial charge in [0, 0.05) is 32.7 Å². The summed E-state index contributed by atoms with van der Waals surface area (Å²) in [6.07, 6.45) is 0. The molecule has 0 saturated heterocycles. The zero-order valence-electron chi connectivity index (χ0n) is 1.49. The Labute approximate surface area is 95.5 Å². The van der Waals surface area contributed by atoms with Crippen LogP contribution in [0.2, 0.25) is 0 Å². The summed E-state index contributed by atoms with van der Waals surface area (Å²) in [6.45, 7) is 0. The zero-order valence-corrected chi connectivity index (χ0v) is 6.78. The SMILES string of the molecule is [CaH2].[O]=[Zr].[Y]. The maximum absolute atomic E-state index is 8.34. The Morgan fingerprint density at radius 3 is 1.25 bits per heavy atom. The van der Waals surface area contributed by atoms with E-state index in [1.54, 1.807) is 0 Å². The van der Waals surface area contributed by atoms with E-state index in [-0.39, 0.29) is 70.4 Å². The van der Waals surface area contributed by atoms with Crippen LogP contribution in [-0.4, -0.2) is 37.7 Å². The third-order valence-electron chi connectivity index (χ3n) is 0. The fourth-order valence-electron chi connectivity index (χ4n) is 0. The summed E-state index contributed by atoms with van der Waals surface area (Å²) in [7, 11) is 0. The van der Waals surface area contributed by atoms with Gasteiger partial charge in [0.1, 0.15) is 0 Å². The standard InChI is InChI=1S/Ca.O.Y.Zr.2H. The van der Waals surface area contributed by atoms with Crippen molar-refractivity contribution in [3.05, 3.63) is 0 Å². The smallest absolute Gasteiger partial charge is 0 e. The van der Waals surface area contributed by atoms with Crippen LogP contribution < -0.4 is 0 Å². The Kier molecular flexibility index (Phi) is 65.3. The van der Waals surface area contributed by atoms with E-state index < -0.39 is 0 Å². The van der Waals surface area contributed by atoms with Crippen LogP contribution in [-0.2, 0) is 60.2 Å². The van der Waals surface area contributed by atoms with Crippen molar-refractivity contribution in [2.75, 3.05) is 0 Å². The molecule has 0 aliphatic rings. The van der Waals surface area contributed by atoms with Crippen LogP contribution in [0.1, 0.15) is 0 Å². The van der Waals surface area contributed by atoms with Gasteiger partial charge in [-0.05, 0) is 0 Å². The summed E-state index contributed by atoms with van der Waals surface area (Å²) in [5.41, 5.74) is 0. The summed E-state index contributed by atoms with van der Waals surface area (Å²) < 4.78 is 8.34. The molecule has 0 heterocycles. The van der Waals surface area contributed by atoms with Crippen LogP contribution in [0.5, 0.6) is 0 Å². The van der Waals surface area contributed by atoms with Crippen LogP contribution in [0, 0.1) is 0 Å². The van der Waals surface area contributed by atoms with Crippen molar-refractivity contribution < 1.29 is 60.2 Å². The summed E-state index contributed by atoms with van der Waals surface area (Å²) in [5.74, 6) is 0. The van der Waals surface area contributed by atoms with Gasteiger partial charge in [0.05, 0.1) is 0 Å². The molecule has 0 N–H and O–H groups in total. The van der Waals surface area contributed by atoms with Crippen LogP contribution in [0.3, 0.4) is 0 Å². The molecule has 0 bridgehead atoms. The molecule has 0 aromatic rings. The predicted molar refractivity (Wildman–Crippen MR) is 9.23 cm³/mol. The van der Waals surface area contributed by atoms with E-state index in [4.69, 9.17) is 2.81 Å². The molecule has 0 atom stereocenters. The first-order chi connectivity index (χ1) is 1.00. The van der Waals surface area contributed by atoms with Gasteiger partial charge in [0.25, 0.3) is 0 Å². The van der Waals surface area contributed by atoms with Crippen molar-refractivity contribution in [2.45, 2.75) is 0 Å². The van der Waals surface area contributed by atoms with E-state index in [1.807, 2.05) is 0 Å². The largest absolute Gasteiger partial charge is 0 e. The molecule has 4 heteroatoms. The van der Waals surface area contributed by atoms with Crippen LogP contribution in [0.4, 0.5) is 0 Å². The molecule has 4 heavy (non-hydrogen) atoms. The second kappa shape index (κ2) is 16.6. The molecular weight excluding hydrogens is 236 g/mol. The molecule has 0 aliphatic carbocycles. The molecule has 0 rings (SSSR count). The molecule has 0 saturated carbocycles. The predicted octanol–water partition coefficient (Wildman–Crippen LogP) is -1.04. The number of rotatable bonds is 0. The third-order valence-corrected chi connectivity index (χ3v) is 0. The zero-order chi connectivity index (χ0) is 2.00. The van der Waals surface area contributed by atoms with Crippen molar-refractivity contribution in [3.63, 3.8) is 0 Å². The van der Waals surface area contributed by atoms with Crippen molar-refractivity contribution in [1.82, 2.24) is 0 Å². The Morgan fingerprint density at radius 1 is 1.25 bits per heavy atom. The molecule has 0 amide bonds. The van der Waals surface area contributed by atoms with Crippen LogP contribution in [0.25, 0.3) is 0 Å². The van der Waals surface area contributed by atoms with Gasteiger partial charge in [-0.15, -0.1) is 0 Å². The number of hydrogen-bond donors (Lipinski definition) is 0. The maximum atomic E-state index is 8.34. The van der Waals surface area contributed by atoms with Gasteiger partial charge in [-0.25, -0.2) is 0 Å². The topological polar surface area (TPSA) is 17.1 Å². The second-order valence-electron chi connectivity index (χ2n) is 0. The van der Waals surface area contributed by atoms with Gasteiger partial charge in [-0.3, -0.25) is 0 Å². The first kappa shape index (κ1) is 15.7. The first-order valence-corrected chi connectivity index (χ1v) is 1.21. The van der Waals surface area contributed by atoms with Gasteiger partial charge in [0.2, 0.25) is 0 Å². The van der Waals surface area contributed by atoms with Crippen molar-refractivity contribution in [2.24, 2.45) is 0 Å². The van der Waals surface area contributed by atoms with Crippen molar-refractivity contribution >= 4 is 37.7 Å². The van der Waals surface area contributed by atoms with Crippen molar-refractivity contribution in [3.8, 4) is 0 Å². The maximum Gasteiger partial charge on any atom is 0 e. The minimum atomic E-state index is 0. The average molecular weight is 238 g/mol. The molecular formula is H2CaOYZr. The second-order valence-corrected chi connectivity index (χ2v) is 0. The van der Waals surface area contributed by atoms with E-state index >= 15 is 0 Å². The first-order valence-electron chi connectivity index (χ1n) is 0.204. The fraction of sp³-hybridized carbons (Fsp3) is 0.